The van der Waals surface area contributed by atoms with E-state index in [1.54, 1.807) is 24.3 Å². The summed E-state index contributed by atoms with van der Waals surface area (Å²) in [6.07, 6.45) is 2.06. The molecule has 27 heavy (non-hydrogen) atoms. The number of hydrogen-bond donors (Lipinski definition) is 4. The predicted octanol–water partition coefficient (Wildman–Crippen LogP) is 2.65. The Bertz CT molecular complexity index is 880. The standard InChI is InChI=1S/C18H22N4O4S/c1-3-4-5-12(17(25)26)27-18-21-14(19)13(16(24)22-18)20-15(23)11-8-6-10(2)7-9-11/h6-9,12H,3-5H2,1-2H3,(H,20,23)(H,25,26)(H3,19,21,22,24)/t12-/m1/s1. The summed E-state index contributed by atoms with van der Waals surface area (Å²) < 4.78 is 0. The third-order valence-electron chi connectivity index (χ3n) is 3.83. The Morgan fingerprint density at radius 1 is 1.33 bits per heavy atom. The molecular weight excluding hydrogens is 368 g/mol. The van der Waals surface area contributed by atoms with Crippen molar-refractivity contribution in [3.05, 3.63) is 45.7 Å². The molecule has 1 atom stereocenters. The Hall–Kier alpha value is -2.81. The lowest BCUT2D eigenvalue weighted by molar-refractivity contribution is -0.136. The van der Waals surface area contributed by atoms with Gasteiger partial charge in [-0.15, -0.1) is 0 Å². The van der Waals surface area contributed by atoms with Gasteiger partial charge in [0.05, 0.1) is 0 Å². The number of nitrogens with two attached hydrogens (primary N) is 1. The van der Waals surface area contributed by atoms with Gasteiger partial charge in [0, 0.05) is 5.56 Å². The molecule has 8 nitrogen and oxygen atoms in total. The van der Waals surface area contributed by atoms with Crippen molar-refractivity contribution < 1.29 is 14.7 Å². The molecule has 0 spiro atoms. The van der Waals surface area contributed by atoms with Gasteiger partial charge in [-0.25, -0.2) is 4.98 Å². The molecule has 0 aliphatic carbocycles. The molecule has 0 bridgehead atoms. The van der Waals surface area contributed by atoms with E-state index in [2.05, 4.69) is 15.3 Å². The number of aryl methyl sites for hydroxylation is 1. The van der Waals surface area contributed by atoms with Gasteiger partial charge in [-0.1, -0.05) is 49.2 Å². The fourth-order valence-electron chi connectivity index (χ4n) is 2.29. The highest BCUT2D eigenvalue weighted by Crippen LogP contribution is 2.25. The lowest BCUT2D eigenvalue weighted by atomic mass is 10.1. The highest BCUT2D eigenvalue weighted by atomic mass is 32.2. The first-order valence-electron chi connectivity index (χ1n) is 8.49. The van der Waals surface area contributed by atoms with Gasteiger partial charge in [-0.3, -0.25) is 19.4 Å². The average Bonchev–Trinajstić information content (AvgIpc) is 2.61. The highest BCUT2D eigenvalue weighted by Gasteiger charge is 2.21. The van der Waals surface area contributed by atoms with E-state index in [1.165, 1.54) is 0 Å². The number of hydrogen-bond acceptors (Lipinski definition) is 6. The maximum Gasteiger partial charge on any atom is 0.317 e. The molecule has 0 aliphatic rings. The Morgan fingerprint density at radius 2 is 2.00 bits per heavy atom. The zero-order chi connectivity index (χ0) is 20.0. The van der Waals surface area contributed by atoms with Gasteiger partial charge in [0.25, 0.3) is 11.5 Å². The smallest absolute Gasteiger partial charge is 0.317 e. The van der Waals surface area contributed by atoms with Crippen LogP contribution in [0.2, 0.25) is 0 Å². The first-order chi connectivity index (χ1) is 12.8. The van der Waals surface area contributed by atoms with E-state index in [1.807, 2.05) is 13.8 Å². The second-order valence-corrected chi connectivity index (χ2v) is 7.23. The first kappa shape index (κ1) is 20.5. The van der Waals surface area contributed by atoms with Gasteiger partial charge in [0.2, 0.25) is 0 Å². The molecule has 2 rings (SSSR count). The molecule has 5 N–H and O–H groups in total. The van der Waals surface area contributed by atoms with Crippen LogP contribution in [0.15, 0.2) is 34.2 Å². The SMILES string of the molecule is CCCC[C@@H](Sc1nc(N)c(NC(=O)c2ccc(C)cc2)c(=O)[nH]1)C(=O)O. The van der Waals surface area contributed by atoms with Crippen molar-refractivity contribution in [3.63, 3.8) is 0 Å². The number of carbonyl (C=O) groups is 2. The summed E-state index contributed by atoms with van der Waals surface area (Å²) in [6, 6.07) is 6.83. The van der Waals surface area contributed by atoms with Crippen molar-refractivity contribution >= 4 is 35.1 Å². The van der Waals surface area contributed by atoms with E-state index in [0.29, 0.717) is 12.0 Å². The van der Waals surface area contributed by atoms with Crippen molar-refractivity contribution in [2.45, 2.75) is 43.5 Å². The topological polar surface area (TPSA) is 138 Å². The molecule has 0 saturated heterocycles. The van der Waals surface area contributed by atoms with Gasteiger partial charge in [-0.05, 0) is 25.5 Å². The molecule has 2 aromatic rings. The lowest BCUT2D eigenvalue weighted by Gasteiger charge is -2.12. The summed E-state index contributed by atoms with van der Waals surface area (Å²) in [5.41, 5.74) is 6.40. The van der Waals surface area contributed by atoms with Crippen LogP contribution in [0.4, 0.5) is 11.5 Å². The number of carbonyl (C=O) groups excluding carboxylic acids is 1. The number of rotatable bonds is 8. The number of aliphatic carboxylic acids is 1. The summed E-state index contributed by atoms with van der Waals surface area (Å²) in [6.45, 7) is 3.86. The predicted molar refractivity (Wildman–Crippen MR) is 105 cm³/mol. The number of thioether (sulfide) groups is 1. The quantitative estimate of drug-likeness (QED) is 0.401. The van der Waals surface area contributed by atoms with E-state index in [-0.39, 0.29) is 16.7 Å². The van der Waals surface area contributed by atoms with E-state index < -0.39 is 22.7 Å². The number of aromatic amines is 1. The van der Waals surface area contributed by atoms with Crippen LogP contribution in [0, 0.1) is 6.92 Å². The first-order valence-corrected chi connectivity index (χ1v) is 9.37. The number of nitrogens with zero attached hydrogens (tertiary/aromatic N) is 1. The number of anilines is 2. The average molecular weight is 390 g/mol. The fraction of sp³-hybridized carbons (Fsp3) is 0.333. The Morgan fingerprint density at radius 3 is 2.56 bits per heavy atom. The van der Waals surface area contributed by atoms with Crippen LogP contribution in [0.5, 0.6) is 0 Å². The van der Waals surface area contributed by atoms with Crippen molar-refractivity contribution in [2.24, 2.45) is 0 Å². The van der Waals surface area contributed by atoms with Gasteiger partial charge in [0.1, 0.15) is 10.9 Å². The Labute approximate surface area is 160 Å². The van der Waals surface area contributed by atoms with Crippen molar-refractivity contribution in [1.82, 2.24) is 9.97 Å². The van der Waals surface area contributed by atoms with Crippen LogP contribution < -0.4 is 16.6 Å². The molecule has 0 saturated carbocycles. The molecular formula is C18H22N4O4S. The van der Waals surface area contributed by atoms with Crippen LogP contribution >= 0.6 is 11.8 Å². The largest absolute Gasteiger partial charge is 0.480 e. The third kappa shape index (κ3) is 5.58. The van der Waals surface area contributed by atoms with Crippen LogP contribution in [-0.4, -0.2) is 32.2 Å². The molecule has 0 radical (unpaired) electrons. The number of unbranched alkanes of at least 4 members (excludes halogenated alkanes) is 1. The Balaban J connectivity index is 2.18. The zero-order valence-corrected chi connectivity index (χ0v) is 15.9. The van der Waals surface area contributed by atoms with Crippen molar-refractivity contribution in [3.8, 4) is 0 Å². The number of amides is 1. The number of benzene rings is 1. The number of H-pyrrole nitrogens is 1. The highest BCUT2D eigenvalue weighted by molar-refractivity contribution is 8.00. The molecule has 1 aromatic carbocycles. The summed E-state index contributed by atoms with van der Waals surface area (Å²) in [4.78, 5) is 42.4. The minimum absolute atomic E-state index is 0.106. The van der Waals surface area contributed by atoms with Gasteiger partial charge < -0.3 is 16.2 Å². The van der Waals surface area contributed by atoms with Gasteiger partial charge in [-0.2, -0.15) is 0 Å². The van der Waals surface area contributed by atoms with E-state index in [0.717, 1.165) is 30.2 Å². The maximum absolute atomic E-state index is 12.3. The maximum atomic E-state index is 12.3. The van der Waals surface area contributed by atoms with Crippen LogP contribution in [0.3, 0.4) is 0 Å². The summed E-state index contributed by atoms with van der Waals surface area (Å²) >= 11 is 0.932. The minimum atomic E-state index is -0.980. The summed E-state index contributed by atoms with van der Waals surface area (Å²) in [5.74, 6) is -1.63. The molecule has 1 heterocycles. The second-order valence-electron chi connectivity index (χ2n) is 6.04. The number of nitrogen functional groups attached to an aromatic ring is 1. The Kier molecular flexibility index (Phi) is 7.00. The molecule has 1 amide bonds. The fourth-order valence-corrected chi connectivity index (χ4v) is 3.25. The van der Waals surface area contributed by atoms with Crippen molar-refractivity contribution in [2.75, 3.05) is 11.1 Å². The van der Waals surface area contributed by atoms with E-state index >= 15 is 0 Å². The van der Waals surface area contributed by atoms with Crippen LogP contribution in [0.1, 0.15) is 42.1 Å². The normalized spacial score (nSPS) is 11.8. The molecule has 144 valence electrons. The third-order valence-corrected chi connectivity index (χ3v) is 4.97. The van der Waals surface area contributed by atoms with Crippen LogP contribution in [0.25, 0.3) is 0 Å². The van der Waals surface area contributed by atoms with Gasteiger partial charge >= 0.3 is 5.97 Å². The number of carboxylic acid groups (broad SMARTS) is 1. The zero-order valence-electron chi connectivity index (χ0n) is 15.1. The molecule has 0 aliphatic heterocycles. The molecule has 0 fully saturated rings. The van der Waals surface area contributed by atoms with Crippen LogP contribution in [-0.2, 0) is 4.79 Å². The number of aromatic nitrogens is 2. The summed E-state index contributed by atoms with van der Waals surface area (Å²) in [5, 5.41) is 11.1. The molecule has 9 heteroatoms. The number of nitrogens with one attached hydrogen (secondary N) is 2. The number of carboxylic acids is 1. The van der Waals surface area contributed by atoms with E-state index in [4.69, 9.17) is 5.73 Å². The van der Waals surface area contributed by atoms with Gasteiger partial charge in [0.15, 0.2) is 11.0 Å². The molecule has 1 aromatic heterocycles. The second kappa shape index (κ2) is 9.22. The monoisotopic (exact) mass is 390 g/mol. The minimum Gasteiger partial charge on any atom is -0.480 e. The van der Waals surface area contributed by atoms with Crippen molar-refractivity contribution in [1.29, 1.82) is 0 Å². The lowest BCUT2D eigenvalue weighted by Crippen LogP contribution is -2.24. The summed E-state index contributed by atoms with van der Waals surface area (Å²) in [7, 11) is 0. The molecule has 0 unspecified atom stereocenters. The van der Waals surface area contributed by atoms with E-state index in [9.17, 15) is 19.5 Å².